The van der Waals surface area contributed by atoms with E-state index in [0.29, 0.717) is 0 Å². The zero-order valence-corrected chi connectivity index (χ0v) is 55.3. The molecule has 16 aromatic rings. The minimum atomic E-state index is 1.20. The van der Waals surface area contributed by atoms with Crippen LogP contribution < -0.4 is 0 Å². The van der Waals surface area contributed by atoms with Crippen molar-refractivity contribution in [3.05, 3.63) is 367 Å². The minimum absolute atomic E-state index is 1.20. The largest absolute Gasteiger partial charge is 0.103 e. The van der Waals surface area contributed by atoms with Crippen LogP contribution in [-0.4, -0.2) is 0 Å². The second-order valence-corrected chi connectivity index (χ2v) is 23.4. The maximum absolute atomic E-state index is 3.36. The SMILES string of the molecule is C/C=C\C.C/C=C\C.C=CC.C=CC=C.C=CC=C.c1cc(-c2ccc(-c3cccc(-c4ccc5ccc6c(-c7cccc8ccccc78)ccc7ccc4c5c76)c3)cc2)cc(-c2ccc3ccc4c(-c5cccc(-c6ccc7ccccc7c6)c5)ccc5ccc2c3c54)c1. The van der Waals surface area contributed by atoms with Gasteiger partial charge in [0.2, 0.25) is 0 Å². The molecule has 0 heteroatoms. The average molecular weight is 1220 g/mol. The fraction of sp³-hybridized carbons (Fsp3) is 0.0526. The van der Waals surface area contributed by atoms with E-state index in [1.54, 1.807) is 30.4 Å². The van der Waals surface area contributed by atoms with Gasteiger partial charge in [-0.1, -0.05) is 336 Å². The van der Waals surface area contributed by atoms with Crippen LogP contribution in [0.15, 0.2) is 367 Å². The molecule has 0 unspecified atom stereocenters. The topological polar surface area (TPSA) is 0 Å². The Morgan fingerprint density at radius 3 is 0.863 bits per heavy atom. The fourth-order valence-electron chi connectivity index (χ4n) is 12.9. The van der Waals surface area contributed by atoms with Gasteiger partial charge in [-0.05, 0) is 223 Å². The third-order valence-electron chi connectivity index (χ3n) is 17.6. The zero-order valence-electron chi connectivity index (χ0n) is 55.3. The highest BCUT2D eigenvalue weighted by Crippen LogP contribution is 2.46. The summed E-state index contributed by atoms with van der Waals surface area (Å²) in [4.78, 5) is 0. The quantitative estimate of drug-likeness (QED) is 0.0768. The van der Waals surface area contributed by atoms with Crippen LogP contribution >= 0.6 is 0 Å². The molecule has 0 heterocycles. The van der Waals surface area contributed by atoms with E-state index >= 15 is 0 Å². The summed E-state index contributed by atoms with van der Waals surface area (Å²) in [6, 6.07) is 104. The van der Waals surface area contributed by atoms with Gasteiger partial charge in [-0.2, -0.15) is 0 Å². The smallest absolute Gasteiger partial charge is 0.00203 e. The highest BCUT2D eigenvalue weighted by molar-refractivity contribution is 6.29. The summed E-state index contributed by atoms with van der Waals surface area (Å²) in [7, 11) is 0. The lowest BCUT2D eigenvalue weighted by Crippen LogP contribution is -1.90. The molecule has 0 fully saturated rings. The van der Waals surface area contributed by atoms with Crippen LogP contribution in [0.5, 0.6) is 0 Å². The Hall–Kier alpha value is -11.7. The van der Waals surface area contributed by atoms with Crippen molar-refractivity contribution in [1.82, 2.24) is 0 Å². The third-order valence-corrected chi connectivity index (χ3v) is 17.6. The first-order valence-electron chi connectivity index (χ1n) is 32.7. The predicted octanol–water partition coefficient (Wildman–Crippen LogP) is 28.5. The molecule has 0 aliphatic rings. The van der Waals surface area contributed by atoms with Crippen molar-refractivity contribution in [3.63, 3.8) is 0 Å². The van der Waals surface area contributed by atoms with Gasteiger partial charge in [-0.25, -0.2) is 0 Å². The van der Waals surface area contributed by atoms with Crippen molar-refractivity contribution in [1.29, 1.82) is 0 Å². The summed E-state index contributed by atoms with van der Waals surface area (Å²) in [5.41, 5.74) is 17.2. The molecule has 0 N–H and O–H groups in total. The Morgan fingerprint density at radius 1 is 0.189 bits per heavy atom. The Labute approximate surface area is 561 Å². The van der Waals surface area contributed by atoms with Crippen LogP contribution in [0.3, 0.4) is 0 Å². The molecule has 460 valence electrons. The van der Waals surface area contributed by atoms with Crippen LogP contribution in [0.1, 0.15) is 34.6 Å². The van der Waals surface area contributed by atoms with Crippen molar-refractivity contribution in [2.75, 3.05) is 0 Å². The normalized spacial score (nSPS) is 10.9. The van der Waals surface area contributed by atoms with Crippen LogP contribution in [0, 0.1) is 0 Å². The first-order valence-corrected chi connectivity index (χ1v) is 32.7. The summed E-state index contributed by atoms with van der Waals surface area (Å²) >= 11 is 0. The van der Waals surface area contributed by atoms with Gasteiger partial charge in [-0.3, -0.25) is 0 Å². The van der Waals surface area contributed by atoms with E-state index in [-0.39, 0.29) is 0 Å². The summed E-state index contributed by atoms with van der Waals surface area (Å²) in [6.07, 6.45) is 16.3. The molecule has 0 atom stereocenters. The van der Waals surface area contributed by atoms with Crippen LogP contribution in [0.25, 0.3) is 164 Å². The number of benzene rings is 16. The molecule has 0 radical (unpaired) electrons. The first-order chi connectivity index (χ1) is 46.7. The molecule has 0 aromatic heterocycles. The molecule has 0 aliphatic heterocycles. The van der Waals surface area contributed by atoms with Crippen molar-refractivity contribution in [2.24, 2.45) is 0 Å². The van der Waals surface area contributed by atoms with Gasteiger partial charge in [0.25, 0.3) is 0 Å². The lowest BCUT2D eigenvalue weighted by Gasteiger charge is -2.17. The second-order valence-electron chi connectivity index (χ2n) is 23.4. The lowest BCUT2D eigenvalue weighted by atomic mass is 9.86. The molecule has 95 heavy (non-hydrogen) atoms. The van der Waals surface area contributed by atoms with E-state index in [2.05, 4.69) is 312 Å². The zero-order chi connectivity index (χ0) is 66.2. The molecule has 0 saturated carbocycles. The molecule has 16 rings (SSSR count). The molecule has 0 saturated heterocycles. The minimum Gasteiger partial charge on any atom is -0.103 e. The number of fused-ring (bicyclic) bond motifs is 2. The maximum Gasteiger partial charge on any atom is -0.00203 e. The second kappa shape index (κ2) is 30.6. The maximum atomic E-state index is 3.36. The molecule has 0 spiro atoms. The number of hydrogen-bond donors (Lipinski definition) is 0. The molecule has 16 aromatic carbocycles. The Balaban J connectivity index is 0.000000433. The van der Waals surface area contributed by atoms with E-state index in [1.807, 2.05) is 58.9 Å². The van der Waals surface area contributed by atoms with Crippen molar-refractivity contribution in [2.45, 2.75) is 34.6 Å². The summed E-state index contributed by atoms with van der Waals surface area (Å²) in [5.74, 6) is 0. The summed E-state index contributed by atoms with van der Waals surface area (Å²) in [5, 5.41) is 20.6. The Bertz CT molecular complexity index is 5400. The molecular formula is C95H80. The monoisotopic (exact) mass is 1220 g/mol. The number of rotatable bonds is 9. The highest BCUT2D eigenvalue weighted by atomic mass is 14.2. The number of allylic oxidation sites excluding steroid dienone is 9. The standard InChI is InChI=1S/C76H46.2C4H8.2C4H6.C3H6/c1-2-11-55-43-59(26-25-47(55)9-1)58-15-7-18-62(46-58)66-37-28-52-31-39-69-64(35-27-51-32-40-70(66)74(52)73(51)69)60-16-5-13-56(44-60)48-21-23-49(24-22-48)57-14-6-17-61(45-57)65-36-29-53-34-42-72-68(38-30-54-33-41-71(65)75(53)76(54)72)67-20-8-12-50-10-3-4-19-63(50)67;4*1-3-4-2;1-3-2/h1-46H;2*3-4H,1-2H3;2*3-4H,1-2H2;3H,1H2,2H3/b;2*4-3-;;;. The van der Waals surface area contributed by atoms with E-state index in [1.165, 1.54) is 164 Å². The Morgan fingerprint density at radius 2 is 0.463 bits per heavy atom. The van der Waals surface area contributed by atoms with Crippen LogP contribution in [-0.2, 0) is 0 Å². The van der Waals surface area contributed by atoms with E-state index in [0.717, 1.165) is 0 Å². The van der Waals surface area contributed by atoms with Crippen LogP contribution in [0.4, 0.5) is 0 Å². The van der Waals surface area contributed by atoms with E-state index in [9.17, 15) is 0 Å². The summed E-state index contributed by atoms with van der Waals surface area (Å²) < 4.78 is 0. The first kappa shape index (κ1) is 64.8. The Kier molecular flexibility index (Phi) is 20.9. The van der Waals surface area contributed by atoms with E-state index in [4.69, 9.17) is 0 Å². The lowest BCUT2D eigenvalue weighted by molar-refractivity contribution is 1.58. The molecular weight excluding hydrogens is 1140 g/mol. The van der Waals surface area contributed by atoms with Gasteiger partial charge < -0.3 is 0 Å². The predicted molar refractivity (Wildman–Crippen MR) is 425 cm³/mol. The molecule has 0 amide bonds. The van der Waals surface area contributed by atoms with Gasteiger partial charge in [0.1, 0.15) is 0 Å². The fourth-order valence-corrected chi connectivity index (χ4v) is 12.9. The van der Waals surface area contributed by atoms with Gasteiger partial charge >= 0.3 is 0 Å². The molecule has 0 nitrogen and oxygen atoms in total. The van der Waals surface area contributed by atoms with Crippen molar-refractivity contribution < 1.29 is 0 Å². The summed E-state index contributed by atoms with van der Waals surface area (Å²) in [6.45, 7) is 26.7. The molecule has 0 bridgehead atoms. The van der Waals surface area contributed by atoms with Gasteiger partial charge in [-0.15, -0.1) is 6.58 Å². The van der Waals surface area contributed by atoms with Gasteiger partial charge in [0.15, 0.2) is 0 Å². The third kappa shape index (κ3) is 13.6. The van der Waals surface area contributed by atoms with Gasteiger partial charge in [0.05, 0.1) is 0 Å². The number of hydrogen-bond acceptors (Lipinski definition) is 0. The molecule has 0 aliphatic carbocycles. The van der Waals surface area contributed by atoms with Gasteiger partial charge in [0, 0.05) is 0 Å². The van der Waals surface area contributed by atoms with Crippen molar-refractivity contribution >= 4 is 86.2 Å². The average Bonchev–Trinajstić information content (AvgIpc) is 0.734. The van der Waals surface area contributed by atoms with E-state index < -0.39 is 0 Å². The van der Waals surface area contributed by atoms with Crippen molar-refractivity contribution in [3.8, 4) is 77.9 Å². The highest BCUT2D eigenvalue weighted by Gasteiger charge is 2.19. The van der Waals surface area contributed by atoms with Crippen LogP contribution in [0.2, 0.25) is 0 Å².